The molecule has 0 saturated carbocycles. The number of likely N-dealkylation sites (tertiary alicyclic amines) is 1. The van der Waals surface area contributed by atoms with E-state index in [1.54, 1.807) is 12.1 Å². The number of aromatic nitrogens is 1. The Labute approximate surface area is 149 Å². The number of nitrogens with zero attached hydrogens (tertiary/aromatic N) is 3. The fraction of sp³-hybridized carbons (Fsp3) is 0.474. The van der Waals surface area contributed by atoms with E-state index in [9.17, 15) is 13.6 Å². The molecule has 1 aromatic carbocycles. The van der Waals surface area contributed by atoms with E-state index in [-0.39, 0.29) is 29.6 Å². The number of benzene rings is 1. The van der Waals surface area contributed by atoms with Gasteiger partial charge in [0.2, 0.25) is 0 Å². The first-order valence-electron chi connectivity index (χ1n) is 9.02. The maximum atomic E-state index is 14.5. The lowest BCUT2D eigenvalue weighted by atomic mass is 9.75. The van der Waals surface area contributed by atoms with Crippen LogP contribution in [-0.4, -0.2) is 52.4 Å². The number of rotatable bonds is 2. The fourth-order valence-corrected chi connectivity index (χ4v) is 5.20. The van der Waals surface area contributed by atoms with Crippen LogP contribution in [0.1, 0.15) is 34.8 Å². The Hall–Kier alpha value is -2.28. The molecule has 2 bridgehead atoms. The molecule has 2 aromatic rings. The van der Waals surface area contributed by atoms with Crippen LogP contribution >= 0.6 is 0 Å². The van der Waals surface area contributed by atoms with E-state index in [1.807, 2.05) is 4.90 Å². The lowest BCUT2D eigenvalue weighted by Gasteiger charge is -2.51. The first-order chi connectivity index (χ1) is 12.6. The van der Waals surface area contributed by atoms with Crippen molar-refractivity contribution in [2.75, 3.05) is 19.6 Å². The summed E-state index contributed by atoms with van der Waals surface area (Å²) in [6.07, 6.45) is 4.64. The fourth-order valence-electron chi connectivity index (χ4n) is 5.20. The van der Waals surface area contributed by atoms with Crippen LogP contribution in [-0.2, 0) is 0 Å². The molecule has 26 heavy (non-hydrogen) atoms. The zero-order valence-corrected chi connectivity index (χ0v) is 14.1. The Balaban J connectivity index is 1.57. The molecule has 3 atom stereocenters. The van der Waals surface area contributed by atoms with Crippen molar-refractivity contribution in [2.24, 2.45) is 5.92 Å². The topological polar surface area (TPSA) is 49.6 Å². The van der Waals surface area contributed by atoms with E-state index in [0.717, 1.165) is 32.0 Å². The van der Waals surface area contributed by atoms with Gasteiger partial charge >= 0.3 is 0 Å². The summed E-state index contributed by atoms with van der Waals surface area (Å²) in [5.74, 6) is -1.68. The lowest BCUT2D eigenvalue weighted by molar-refractivity contribution is -0.00376. The van der Waals surface area contributed by atoms with Gasteiger partial charge in [0.1, 0.15) is 6.26 Å². The highest BCUT2D eigenvalue weighted by atomic mass is 19.2. The predicted molar refractivity (Wildman–Crippen MR) is 88.5 cm³/mol. The maximum Gasteiger partial charge on any atom is 0.276 e. The van der Waals surface area contributed by atoms with E-state index < -0.39 is 11.6 Å². The van der Waals surface area contributed by atoms with Gasteiger partial charge in [0, 0.05) is 18.5 Å². The van der Waals surface area contributed by atoms with Gasteiger partial charge in [-0.05, 0) is 43.5 Å². The Kier molecular flexibility index (Phi) is 3.60. The van der Waals surface area contributed by atoms with Gasteiger partial charge in [0.05, 0.1) is 6.04 Å². The maximum absolute atomic E-state index is 14.5. The normalized spacial score (nSPS) is 32.7. The van der Waals surface area contributed by atoms with Crippen LogP contribution in [0.5, 0.6) is 0 Å². The quantitative estimate of drug-likeness (QED) is 0.827. The smallest absolute Gasteiger partial charge is 0.276 e. The van der Waals surface area contributed by atoms with Gasteiger partial charge in [-0.15, -0.1) is 0 Å². The molecular weight excluding hydrogens is 340 g/mol. The van der Waals surface area contributed by atoms with Crippen molar-refractivity contribution < 1.29 is 18.0 Å². The van der Waals surface area contributed by atoms with Crippen LogP contribution in [0.25, 0.3) is 0 Å². The van der Waals surface area contributed by atoms with Crippen LogP contribution in [0, 0.1) is 17.6 Å². The molecule has 0 radical (unpaired) electrons. The molecule has 7 heteroatoms. The largest absolute Gasteiger partial charge is 0.451 e. The number of halogens is 2. The van der Waals surface area contributed by atoms with Crippen LogP contribution in [0.3, 0.4) is 0 Å². The van der Waals surface area contributed by atoms with Gasteiger partial charge in [0.15, 0.2) is 23.7 Å². The molecule has 5 heterocycles. The number of hydrogen-bond donors (Lipinski definition) is 0. The molecule has 1 aromatic heterocycles. The van der Waals surface area contributed by atoms with Gasteiger partial charge in [-0.3, -0.25) is 9.69 Å². The van der Waals surface area contributed by atoms with Crippen LogP contribution in [0.2, 0.25) is 0 Å². The van der Waals surface area contributed by atoms with Gasteiger partial charge < -0.3 is 9.32 Å². The van der Waals surface area contributed by atoms with Crippen LogP contribution in [0.15, 0.2) is 35.3 Å². The summed E-state index contributed by atoms with van der Waals surface area (Å²) in [5, 5.41) is 0. The highest BCUT2D eigenvalue weighted by molar-refractivity contribution is 5.92. The molecule has 4 aliphatic rings. The van der Waals surface area contributed by atoms with Crippen molar-refractivity contribution in [1.29, 1.82) is 0 Å². The first-order valence-corrected chi connectivity index (χ1v) is 9.02. The monoisotopic (exact) mass is 359 g/mol. The Morgan fingerprint density at radius 3 is 2.73 bits per heavy atom. The van der Waals surface area contributed by atoms with Crippen molar-refractivity contribution in [3.63, 3.8) is 0 Å². The third-order valence-electron chi connectivity index (χ3n) is 6.29. The van der Waals surface area contributed by atoms with E-state index >= 15 is 0 Å². The number of oxazole rings is 1. The third-order valence-corrected chi connectivity index (χ3v) is 6.29. The van der Waals surface area contributed by atoms with Gasteiger partial charge in [0.25, 0.3) is 5.91 Å². The zero-order valence-electron chi connectivity index (χ0n) is 14.1. The van der Waals surface area contributed by atoms with Crippen molar-refractivity contribution in [1.82, 2.24) is 14.8 Å². The highest BCUT2D eigenvalue weighted by Crippen LogP contribution is 2.47. The molecule has 0 N–H and O–H groups in total. The summed E-state index contributed by atoms with van der Waals surface area (Å²) in [6, 6.07) is 4.36. The Morgan fingerprint density at radius 2 is 2.00 bits per heavy atom. The second-order valence-electron chi connectivity index (χ2n) is 7.44. The van der Waals surface area contributed by atoms with Crippen molar-refractivity contribution in [3.8, 4) is 0 Å². The minimum absolute atomic E-state index is 0.00867. The molecule has 4 saturated heterocycles. The molecule has 6 rings (SSSR count). The molecule has 4 aliphatic heterocycles. The average Bonchev–Trinajstić information content (AvgIpc) is 3.33. The SMILES string of the molecule is O=C(c1cocn1)N1C[C@@H](c2cccc(F)c2F)[C@@H]2[C@H]1C1CCN2CC1. The highest BCUT2D eigenvalue weighted by Gasteiger charge is 2.55. The van der Waals surface area contributed by atoms with E-state index in [4.69, 9.17) is 4.42 Å². The van der Waals surface area contributed by atoms with E-state index in [2.05, 4.69) is 9.88 Å². The summed E-state index contributed by atoms with van der Waals surface area (Å²) in [4.78, 5) is 21.1. The van der Waals surface area contributed by atoms with Gasteiger partial charge in [-0.25, -0.2) is 13.8 Å². The second kappa shape index (κ2) is 5.87. The first kappa shape index (κ1) is 15.9. The average molecular weight is 359 g/mol. The predicted octanol–water partition coefficient (Wildman–Crippen LogP) is 2.66. The van der Waals surface area contributed by atoms with Crippen LogP contribution < -0.4 is 0 Å². The molecule has 0 aliphatic carbocycles. The number of carbonyl (C=O) groups excluding carboxylic acids is 1. The van der Waals surface area contributed by atoms with Crippen LogP contribution in [0.4, 0.5) is 8.78 Å². The Morgan fingerprint density at radius 1 is 1.19 bits per heavy atom. The molecule has 5 nitrogen and oxygen atoms in total. The minimum atomic E-state index is -0.837. The summed E-state index contributed by atoms with van der Waals surface area (Å²) in [5.41, 5.74) is 0.628. The zero-order chi connectivity index (χ0) is 17.8. The molecular formula is C19H19F2N3O2. The summed E-state index contributed by atoms with van der Waals surface area (Å²) in [6.45, 7) is 2.27. The van der Waals surface area contributed by atoms with E-state index in [0.29, 0.717) is 18.0 Å². The summed E-state index contributed by atoms with van der Waals surface area (Å²) in [7, 11) is 0. The van der Waals surface area contributed by atoms with Crippen molar-refractivity contribution in [3.05, 3.63) is 53.7 Å². The summed E-state index contributed by atoms with van der Waals surface area (Å²) < 4.78 is 33.3. The second-order valence-corrected chi connectivity index (χ2v) is 7.44. The minimum Gasteiger partial charge on any atom is -0.451 e. The molecule has 1 amide bonds. The molecule has 0 unspecified atom stereocenters. The number of piperidine rings is 3. The number of hydrogen-bond acceptors (Lipinski definition) is 4. The number of fused-ring (bicyclic) bond motifs is 2. The summed E-state index contributed by atoms with van der Waals surface area (Å²) >= 11 is 0. The molecule has 4 fully saturated rings. The van der Waals surface area contributed by atoms with Gasteiger partial charge in [-0.1, -0.05) is 12.1 Å². The Bertz CT molecular complexity index is 833. The van der Waals surface area contributed by atoms with Crippen molar-refractivity contribution in [2.45, 2.75) is 30.8 Å². The van der Waals surface area contributed by atoms with Gasteiger partial charge in [-0.2, -0.15) is 0 Å². The number of carbonyl (C=O) groups is 1. The lowest BCUT2D eigenvalue weighted by Crippen LogP contribution is -2.60. The number of amides is 1. The van der Waals surface area contributed by atoms with E-state index in [1.165, 1.54) is 12.7 Å². The molecule has 0 spiro atoms. The standard InChI is InChI=1S/C19H19F2N3O2/c20-14-3-1-2-12(16(14)21)13-8-24(19(25)15-9-26-10-22-15)17-11-4-6-23(7-5-11)18(13)17/h1-3,9-11,13,17-18H,4-8H2/t13-,17+,18+/m0/s1. The molecule has 136 valence electrons. The van der Waals surface area contributed by atoms with Crippen molar-refractivity contribution >= 4 is 5.91 Å². The third kappa shape index (κ3) is 2.23.